The summed E-state index contributed by atoms with van der Waals surface area (Å²) in [4.78, 5) is 4.55. The average Bonchev–Trinajstić information content (AvgIpc) is 2.24. The van der Waals surface area contributed by atoms with Gasteiger partial charge >= 0.3 is 0 Å². The molecule has 1 unspecified atom stereocenters. The zero-order chi connectivity index (χ0) is 13.9. The molecule has 1 aromatic rings. The molecule has 1 heterocycles. The first kappa shape index (κ1) is 15.7. The number of hydrogen-bond donors (Lipinski definition) is 0. The quantitative estimate of drug-likeness (QED) is 0.612. The molecular formula is C13H21BrNO2Si. The fourth-order valence-corrected chi connectivity index (χ4v) is 3.09. The van der Waals surface area contributed by atoms with E-state index in [1.807, 2.05) is 12.1 Å². The van der Waals surface area contributed by atoms with Crippen LogP contribution in [-0.4, -0.2) is 21.1 Å². The zero-order valence-electron chi connectivity index (χ0n) is 11.9. The molecule has 0 N–H and O–H groups in total. The first-order valence-corrected chi connectivity index (χ1v) is 9.13. The first-order chi connectivity index (χ1) is 8.25. The Labute approximate surface area is 120 Å². The minimum Gasteiger partial charge on any atom is -0.494 e. The van der Waals surface area contributed by atoms with Crippen LogP contribution in [-0.2, 0) is 4.43 Å². The van der Waals surface area contributed by atoms with Gasteiger partial charge in [-0.25, -0.2) is 4.98 Å². The predicted molar refractivity (Wildman–Crippen MR) is 79.3 cm³/mol. The maximum absolute atomic E-state index is 6.11. The van der Waals surface area contributed by atoms with Crippen LogP contribution in [0.2, 0.25) is 13.1 Å². The summed E-state index contributed by atoms with van der Waals surface area (Å²) >= 11 is 3.43. The van der Waals surface area contributed by atoms with Crippen LogP contribution in [0.1, 0.15) is 32.6 Å². The largest absolute Gasteiger partial charge is 0.494 e. The van der Waals surface area contributed by atoms with Crippen molar-refractivity contribution in [1.82, 2.24) is 4.98 Å². The summed E-state index contributed by atoms with van der Waals surface area (Å²) < 4.78 is 12.0. The highest BCUT2D eigenvalue weighted by Crippen LogP contribution is 2.37. The van der Waals surface area contributed by atoms with Crippen molar-refractivity contribution >= 4 is 25.0 Å². The number of nitrogens with zero attached hydrogens (tertiary/aromatic N) is 1. The Morgan fingerprint density at radius 1 is 1.28 bits per heavy atom. The van der Waals surface area contributed by atoms with E-state index in [0.29, 0.717) is 0 Å². The van der Waals surface area contributed by atoms with Gasteiger partial charge < -0.3 is 9.16 Å². The van der Waals surface area contributed by atoms with Gasteiger partial charge in [0, 0.05) is 0 Å². The van der Waals surface area contributed by atoms with Gasteiger partial charge in [0.25, 0.3) is 0 Å². The van der Waals surface area contributed by atoms with Crippen LogP contribution < -0.4 is 4.74 Å². The van der Waals surface area contributed by atoms with Crippen molar-refractivity contribution in [2.24, 2.45) is 5.41 Å². The number of rotatable bonds is 4. The van der Waals surface area contributed by atoms with Crippen molar-refractivity contribution in [1.29, 1.82) is 0 Å². The van der Waals surface area contributed by atoms with Crippen LogP contribution in [0.3, 0.4) is 0 Å². The highest BCUT2D eigenvalue weighted by Gasteiger charge is 2.29. The number of ether oxygens (including phenoxy) is 1. The molecule has 1 aromatic heterocycles. The topological polar surface area (TPSA) is 31.4 Å². The Balaban J connectivity index is 3.10. The molecule has 1 rings (SSSR count). The molecule has 0 amide bonds. The summed E-state index contributed by atoms with van der Waals surface area (Å²) in [6, 6.07) is 3.90. The molecule has 0 bridgehead atoms. The SMILES string of the molecule is COc1ccc(C(O[Si](C)C)C(C)(C)C)nc1Br. The summed E-state index contributed by atoms with van der Waals surface area (Å²) in [7, 11) is 0.860. The fraction of sp³-hybridized carbons (Fsp3) is 0.615. The van der Waals surface area contributed by atoms with Crippen molar-refractivity contribution in [3.05, 3.63) is 22.4 Å². The highest BCUT2D eigenvalue weighted by atomic mass is 79.9. The second kappa shape index (κ2) is 6.17. The Bertz CT molecular complexity index is 404. The lowest BCUT2D eigenvalue weighted by atomic mass is 9.87. The van der Waals surface area contributed by atoms with Crippen molar-refractivity contribution in [2.75, 3.05) is 7.11 Å². The molecular weight excluding hydrogens is 310 g/mol. The molecule has 1 radical (unpaired) electrons. The third kappa shape index (κ3) is 4.07. The minimum absolute atomic E-state index is 0.00333. The molecule has 101 valence electrons. The van der Waals surface area contributed by atoms with Gasteiger partial charge in [-0.2, -0.15) is 0 Å². The van der Waals surface area contributed by atoms with Crippen LogP contribution in [0, 0.1) is 5.41 Å². The van der Waals surface area contributed by atoms with E-state index in [1.54, 1.807) is 7.11 Å². The predicted octanol–water partition coefficient (Wildman–Crippen LogP) is 4.21. The molecule has 3 nitrogen and oxygen atoms in total. The van der Waals surface area contributed by atoms with Gasteiger partial charge in [-0.15, -0.1) is 0 Å². The van der Waals surface area contributed by atoms with Gasteiger partial charge in [0.15, 0.2) is 5.75 Å². The Morgan fingerprint density at radius 2 is 1.89 bits per heavy atom. The first-order valence-electron chi connectivity index (χ1n) is 5.93. The lowest BCUT2D eigenvalue weighted by molar-refractivity contribution is 0.0825. The maximum Gasteiger partial charge on any atom is 0.205 e. The fourth-order valence-electron chi connectivity index (χ4n) is 1.65. The number of hydrogen-bond acceptors (Lipinski definition) is 3. The van der Waals surface area contributed by atoms with Crippen LogP contribution >= 0.6 is 15.9 Å². The Kier molecular flexibility index (Phi) is 5.37. The van der Waals surface area contributed by atoms with Gasteiger partial charge in [-0.05, 0) is 46.6 Å². The van der Waals surface area contributed by atoms with E-state index in [4.69, 9.17) is 9.16 Å². The molecule has 0 spiro atoms. The molecule has 1 atom stereocenters. The van der Waals surface area contributed by atoms with Crippen molar-refractivity contribution in [2.45, 2.75) is 40.0 Å². The molecule has 5 heteroatoms. The van der Waals surface area contributed by atoms with E-state index in [1.165, 1.54) is 0 Å². The molecule has 0 aliphatic carbocycles. The third-order valence-corrected chi connectivity index (χ3v) is 3.74. The molecule has 0 aromatic carbocycles. The van der Waals surface area contributed by atoms with Crippen LogP contribution in [0.15, 0.2) is 16.7 Å². The van der Waals surface area contributed by atoms with E-state index in [0.717, 1.165) is 16.0 Å². The summed E-state index contributed by atoms with van der Waals surface area (Å²) in [5, 5.41) is 0. The smallest absolute Gasteiger partial charge is 0.205 e. The summed E-state index contributed by atoms with van der Waals surface area (Å²) in [6.07, 6.45) is 0.00333. The summed E-state index contributed by atoms with van der Waals surface area (Å²) in [5.74, 6) is 0.741. The average molecular weight is 331 g/mol. The van der Waals surface area contributed by atoms with Gasteiger partial charge in [-0.1, -0.05) is 20.8 Å². The van der Waals surface area contributed by atoms with Crippen molar-refractivity contribution in [3.63, 3.8) is 0 Å². The normalized spacial score (nSPS) is 13.8. The van der Waals surface area contributed by atoms with Gasteiger partial charge in [0.05, 0.1) is 18.9 Å². The van der Waals surface area contributed by atoms with Gasteiger partial charge in [0.2, 0.25) is 9.04 Å². The van der Waals surface area contributed by atoms with E-state index < -0.39 is 9.04 Å². The van der Waals surface area contributed by atoms with E-state index in [-0.39, 0.29) is 11.5 Å². The second-order valence-corrected chi connectivity index (χ2v) is 8.30. The Morgan fingerprint density at radius 3 is 2.28 bits per heavy atom. The number of halogens is 1. The van der Waals surface area contributed by atoms with Crippen LogP contribution in [0.25, 0.3) is 0 Å². The minimum atomic E-state index is -0.777. The number of aromatic nitrogens is 1. The second-order valence-electron chi connectivity index (χ2n) is 5.50. The molecule has 18 heavy (non-hydrogen) atoms. The Hall–Kier alpha value is -0.393. The lowest BCUT2D eigenvalue weighted by Gasteiger charge is -2.32. The van der Waals surface area contributed by atoms with E-state index in [9.17, 15) is 0 Å². The monoisotopic (exact) mass is 330 g/mol. The van der Waals surface area contributed by atoms with Gasteiger partial charge in [-0.3, -0.25) is 0 Å². The summed E-state index contributed by atoms with van der Waals surface area (Å²) in [6.45, 7) is 10.8. The maximum atomic E-state index is 6.11. The standard InChI is InChI=1S/C13H21BrNO2Si/c1-13(2,3)11(17-18(5)6)9-7-8-10(16-4)12(14)15-9/h7-8,11H,1-6H3. The third-order valence-electron chi connectivity index (χ3n) is 2.46. The molecule has 0 aliphatic heterocycles. The summed E-state index contributed by atoms with van der Waals surface area (Å²) in [5.41, 5.74) is 0.963. The highest BCUT2D eigenvalue weighted by molar-refractivity contribution is 9.10. The molecule has 0 saturated carbocycles. The molecule has 0 fully saturated rings. The van der Waals surface area contributed by atoms with E-state index in [2.05, 4.69) is 54.8 Å². The molecule has 0 saturated heterocycles. The van der Waals surface area contributed by atoms with E-state index >= 15 is 0 Å². The lowest BCUT2D eigenvalue weighted by Crippen LogP contribution is -2.26. The number of methoxy groups -OCH3 is 1. The van der Waals surface area contributed by atoms with Crippen LogP contribution in [0.5, 0.6) is 5.75 Å². The van der Waals surface area contributed by atoms with Crippen molar-refractivity contribution < 1.29 is 9.16 Å². The zero-order valence-corrected chi connectivity index (χ0v) is 14.5. The molecule has 0 aliphatic rings. The van der Waals surface area contributed by atoms with Crippen molar-refractivity contribution in [3.8, 4) is 5.75 Å². The van der Waals surface area contributed by atoms with Crippen LogP contribution in [0.4, 0.5) is 0 Å². The van der Waals surface area contributed by atoms with Gasteiger partial charge in [0.1, 0.15) is 4.60 Å². The number of pyridine rings is 1.